The van der Waals surface area contributed by atoms with Crippen LogP contribution in [0.2, 0.25) is 0 Å². The van der Waals surface area contributed by atoms with Crippen molar-refractivity contribution in [2.24, 2.45) is 5.73 Å². The standard InChI is InChI=1S/C28H24N6O2/c1-28(27(29)36,23-8-3-2-4-9-23)31-26(35)24-10-6-5-7-22(24)17-34-18-25(32-33-34)20-11-12-21-16-30-14-13-19(21)15-20/h2-16,18H,17H2,1H3,(H2,29,36)(H,31,35). The minimum absolute atomic E-state index is 0.326. The van der Waals surface area contributed by atoms with Gasteiger partial charge < -0.3 is 11.1 Å². The summed E-state index contributed by atoms with van der Waals surface area (Å²) in [5.41, 5.74) is 7.77. The Hall–Kier alpha value is -4.85. The van der Waals surface area contributed by atoms with Gasteiger partial charge in [0.2, 0.25) is 5.91 Å². The highest BCUT2D eigenvalue weighted by molar-refractivity contribution is 6.00. The van der Waals surface area contributed by atoms with Gasteiger partial charge in [-0.3, -0.25) is 14.6 Å². The highest BCUT2D eigenvalue weighted by atomic mass is 16.2. The zero-order valence-corrected chi connectivity index (χ0v) is 19.6. The van der Waals surface area contributed by atoms with Crippen molar-refractivity contribution in [2.75, 3.05) is 0 Å². The number of hydrogen-bond donors (Lipinski definition) is 2. The van der Waals surface area contributed by atoms with E-state index in [0.717, 1.165) is 27.6 Å². The van der Waals surface area contributed by atoms with E-state index in [9.17, 15) is 9.59 Å². The lowest BCUT2D eigenvalue weighted by atomic mass is 9.90. The molecular weight excluding hydrogens is 452 g/mol. The molecule has 0 bridgehead atoms. The van der Waals surface area contributed by atoms with Gasteiger partial charge in [0.15, 0.2) is 0 Å². The van der Waals surface area contributed by atoms with Crippen LogP contribution in [0.25, 0.3) is 22.0 Å². The molecule has 3 aromatic carbocycles. The van der Waals surface area contributed by atoms with Crippen molar-refractivity contribution in [3.8, 4) is 11.3 Å². The molecule has 0 fully saturated rings. The molecule has 3 N–H and O–H groups in total. The van der Waals surface area contributed by atoms with Crippen LogP contribution >= 0.6 is 0 Å². The molecule has 1 atom stereocenters. The van der Waals surface area contributed by atoms with E-state index >= 15 is 0 Å². The topological polar surface area (TPSA) is 116 Å². The predicted molar refractivity (Wildman–Crippen MR) is 137 cm³/mol. The van der Waals surface area contributed by atoms with Crippen molar-refractivity contribution in [1.82, 2.24) is 25.3 Å². The summed E-state index contributed by atoms with van der Waals surface area (Å²) >= 11 is 0. The zero-order valence-electron chi connectivity index (χ0n) is 19.6. The summed E-state index contributed by atoms with van der Waals surface area (Å²) in [4.78, 5) is 29.8. The van der Waals surface area contributed by atoms with Crippen molar-refractivity contribution < 1.29 is 9.59 Å². The minimum atomic E-state index is -1.36. The number of aromatic nitrogens is 4. The first-order valence-electron chi connectivity index (χ1n) is 11.4. The van der Waals surface area contributed by atoms with Crippen molar-refractivity contribution in [3.63, 3.8) is 0 Å². The SMILES string of the molecule is CC(NC(=O)c1ccccc1Cn1cc(-c2ccc3cnccc3c2)nn1)(C(N)=O)c1ccccc1. The summed E-state index contributed by atoms with van der Waals surface area (Å²) in [5.74, 6) is -1.05. The highest BCUT2D eigenvalue weighted by Crippen LogP contribution is 2.24. The predicted octanol–water partition coefficient (Wildman–Crippen LogP) is 3.67. The molecule has 0 aliphatic carbocycles. The fraction of sp³-hybridized carbons (Fsp3) is 0.107. The minimum Gasteiger partial charge on any atom is -0.367 e. The second-order valence-electron chi connectivity index (χ2n) is 8.71. The molecule has 2 amide bonds. The Labute approximate surface area is 207 Å². The van der Waals surface area contributed by atoms with Crippen LogP contribution in [-0.4, -0.2) is 31.8 Å². The summed E-state index contributed by atoms with van der Waals surface area (Å²) in [5, 5.41) is 13.5. The van der Waals surface area contributed by atoms with Gasteiger partial charge in [0.25, 0.3) is 5.91 Å². The van der Waals surface area contributed by atoms with E-state index in [4.69, 9.17) is 5.73 Å². The lowest BCUT2D eigenvalue weighted by Gasteiger charge is -2.28. The van der Waals surface area contributed by atoms with Gasteiger partial charge in [-0.1, -0.05) is 65.9 Å². The average molecular weight is 477 g/mol. The maximum absolute atomic E-state index is 13.3. The summed E-state index contributed by atoms with van der Waals surface area (Å²) < 4.78 is 1.68. The summed E-state index contributed by atoms with van der Waals surface area (Å²) in [7, 11) is 0. The van der Waals surface area contributed by atoms with E-state index in [2.05, 4.69) is 20.6 Å². The largest absolute Gasteiger partial charge is 0.367 e. The number of amides is 2. The van der Waals surface area contributed by atoms with Crippen LogP contribution in [0.4, 0.5) is 0 Å². The number of nitrogens with two attached hydrogens (primary N) is 1. The third-order valence-electron chi connectivity index (χ3n) is 6.28. The van der Waals surface area contributed by atoms with Crippen LogP contribution in [0.1, 0.15) is 28.4 Å². The van der Waals surface area contributed by atoms with Gasteiger partial charge in [0.1, 0.15) is 11.2 Å². The Balaban J connectivity index is 1.40. The Morgan fingerprint density at radius 2 is 1.75 bits per heavy atom. The molecule has 8 heteroatoms. The maximum atomic E-state index is 13.3. The molecule has 178 valence electrons. The number of rotatable bonds is 7. The zero-order chi connectivity index (χ0) is 25.1. The Bertz CT molecular complexity index is 1560. The summed E-state index contributed by atoms with van der Waals surface area (Å²) in [6.45, 7) is 1.93. The molecule has 2 aromatic heterocycles. The number of benzene rings is 3. The number of hydrogen-bond acceptors (Lipinski definition) is 5. The average Bonchev–Trinajstić information content (AvgIpc) is 3.37. The van der Waals surface area contributed by atoms with Crippen molar-refractivity contribution >= 4 is 22.6 Å². The summed E-state index contributed by atoms with van der Waals surface area (Å²) in [6, 6.07) is 24.1. The smallest absolute Gasteiger partial charge is 0.252 e. The number of fused-ring (bicyclic) bond motifs is 1. The second-order valence-corrected chi connectivity index (χ2v) is 8.71. The van der Waals surface area contributed by atoms with E-state index in [-0.39, 0.29) is 0 Å². The molecule has 0 spiro atoms. The van der Waals surface area contributed by atoms with Gasteiger partial charge in [-0.25, -0.2) is 4.68 Å². The van der Waals surface area contributed by atoms with Crippen molar-refractivity contribution in [2.45, 2.75) is 19.0 Å². The van der Waals surface area contributed by atoms with E-state index in [1.165, 1.54) is 0 Å². The summed E-state index contributed by atoms with van der Waals surface area (Å²) in [6.07, 6.45) is 5.42. The van der Waals surface area contributed by atoms with E-state index in [1.54, 1.807) is 54.2 Å². The Morgan fingerprint density at radius 3 is 2.56 bits per heavy atom. The lowest BCUT2D eigenvalue weighted by Crippen LogP contribution is -2.52. The molecule has 0 aliphatic heterocycles. The van der Waals surface area contributed by atoms with Crippen LogP contribution < -0.4 is 11.1 Å². The number of nitrogens with zero attached hydrogens (tertiary/aromatic N) is 4. The maximum Gasteiger partial charge on any atom is 0.252 e. The molecule has 0 aliphatic rings. The van der Waals surface area contributed by atoms with E-state index in [1.807, 2.05) is 54.9 Å². The number of pyridine rings is 1. The van der Waals surface area contributed by atoms with Gasteiger partial charge in [0, 0.05) is 28.9 Å². The molecular formula is C28H24N6O2. The monoisotopic (exact) mass is 476 g/mol. The number of carbonyl (C=O) groups excluding carboxylic acids is 2. The van der Waals surface area contributed by atoms with Gasteiger partial charge in [-0.05, 0) is 41.6 Å². The van der Waals surface area contributed by atoms with Gasteiger partial charge in [-0.2, -0.15) is 0 Å². The fourth-order valence-corrected chi connectivity index (χ4v) is 4.15. The van der Waals surface area contributed by atoms with Crippen LogP contribution in [-0.2, 0) is 16.9 Å². The highest BCUT2D eigenvalue weighted by Gasteiger charge is 2.35. The first-order chi connectivity index (χ1) is 17.4. The quantitative estimate of drug-likeness (QED) is 0.372. The molecule has 5 aromatic rings. The van der Waals surface area contributed by atoms with Crippen molar-refractivity contribution in [1.29, 1.82) is 0 Å². The lowest BCUT2D eigenvalue weighted by molar-refractivity contribution is -0.123. The second kappa shape index (κ2) is 9.42. The van der Waals surface area contributed by atoms with E-state index in [0.29, 0.717) is 17.7 Å². The molecule has 36 heavy (non-hydrogen) atoms. The Kier molecular flexibility index (Phi) is 6.00. The van der Waals surface area contributed by atoms with Crippen LogP contribution in [0, 0.1) is 0 Å². The molecule has 0 saturated heterocycles. The molecule has 1 unspecified atom stereocenters. The third kappa shape index (κ3) is 4.44. The van der Waals surface area contributed by atoms with E-state index < -0.39 is 17.4 Å². The normalized spacial score (nSPS) is 12.7. The molecule has 0 saturated carbocycles. The van der Waals surface area contributed by atoms with Crippen molar-refractivity contribution in [3.05, 3.63) is 114 Å². The molecule has 0 radical (unpaired) electrons. The van der Waals surface area contributed by atoms with Gasteiger partial charge >= 0.3 is 0 Å². The van der Waals surface area contributed by atoms with Gasteiger partial charge in [0.05, 0.1) is 12.7 Å². The molecule has 2 heterocycles. The first-order valence-corrected chi connectivity index (χ1v) is 11.4. The number of primary amides is 1. The fourth-order valence-electron chi connectivity index (χ4n) is 4.15. The third-order valence-corrected chi connectivity index (χ3v) is 6.28. The molecule has 8 nitrogen and oxygen atoms in total. The van der Waals surface area contributed by atoms with Crippen LogP contribution in [0.3, 0.4) is 0 Å². The van der Waals surface area contributed by atoms with Crippen LogP contribution in [0.5, 0.6) is 0 Å². The Morgan fingerprint density at radius 1 is 0.972 bits per heavy atom. The number of nitrogens with one attached hydrogen (secondary N) is 1. The number of carbonyl (C=O) groups is 2. The van der Waals surface area contributed by atoms with Crippen LogP contribution in [0.15, 0.2) is 97.5 Å². The molecule has 5 rings (SSSR count). The van der Waals surface area contributed by atoms with Gasteiger partial charge in [-0.15, -0.1) is 5.10 Å². The first kappa shape index (κ1) is 22.9.